The number of likely N-dealkylation sites (N-methyl/N-ethyl adjacent to an activating group) is 1. The van der Waals surface area contributed by atoms with Crippen LogP contribution in [0.25, 0.3) is 0 Å². The molecule has 1 saturated heterocycles. The summed E-state index contributed by atoms with van der Waals surface area (Å²) in [6.07, 6.45) is 1.65. The number of aromatic nitrogens is 2. The Morgan fingerprint density at radius 2 is 1.83 bits per heavy atom. The first-order valence-electron chi connectivity index (χ1n) is 8.34. The first-order valence-corrected chi connectivity index (χ1v) is 8.34. The van der Waals surface area contributed by atoms with Gasteiger partial charge in [-0.1, -0.05) is 24.6 Å². The fourth-order valence-electron chi connectivity index (χ4n) is 2.72. The molecule has 1 amide bonds. The summed E-state index contributed by atoms with van der Waals surface area (Å²) in [4.78, 5) is 25.7. The molecule has 0 saturated carbocycles. The SMILES string of the molecule is CCN1CCN(c2nccc(C(=O)Nc3ccc(C)cc3)n2)CC1. The van der Waals surface area contributed by atoms with E-state index < -0.39 is 0 Å². The van der Waals surface area contributed by atoms with Crippen molar-refractivity contribution in [2.45, 2.75) is 13.8 Å². The molecule has 1 aromatic heterocycles. The number of rotatable bonds is 4. The van der Waals surface area contributed by atoms with Gasteiger partial charge in [-0.2, -0.15) is 0 Å². The van der Waals surface area contributed by atoms with Gasteiger partial charge in [-0.3, -0.25) is 4.79 Å². The summed E-state index contributed by atoms with van der Waals surface area (Å²) in [7, 11) is 0. The van der Waals surface area contributed by atoms with Gasteiger partial charge in [0.15, 0.2) is 0 Å². The Morgan fingerprint density at radius 1 is 1.12 bits per heavy atom. The van der Waals surface area contributed by atoms with Crippen LogP contribution in [0.1, 0.15) is 23.0 Å². The van der Waals surface area contributed by atoms with Crippen molar-refractivity contribution >= 4 is 17.5 Å². The summed E-state index contributed by atoms with van der Waals surface area (Å²) >= 11 is 0. The topological polar surface area (TPSA) is 61.4 Å². The highest BCUT2D eigenvalue weighted by atomic mass is 16.1. The minimum Gasteiger partial charge on any atom is -0.338 e. The molecule has 0 bridgehead atoms. The van der Waals surface area contributed by atoms with E-state index in [1.54, 1.807) is 12.3 Å². The number of amides is 1. The van der Waals surface area contributed by atoms with Crippen LogP contribution in [-0.4, -0.2) is 53.5 Å². The van der Waals surface area contributed by atoms with Crippen molar-refractivity contribution in [2.75, 3.05) is 42.9 Å². The Balaban J connectivity index is 1.68. The fraction of sp³-hybridized carbons (Fsp3) is 0.389. The van der Waals surface area contributed by atoms with Gasteiger partial charge in [0, 0.05) is 38.1 Å². The first kappa shape index (κ1) is 16.4. The van der Waals surface area contributed by atoms with E-state index in [9.17, 15) is 4.79 Å². The zero-order valence-corrected chi connectivity index (χ0v) is 14.2. The number of piperazine rings is 1. The lowest BCUT2D eigenvalue weighted by atomic mass is 10.2. The number of nitrogens with one attached hydrogen (secondary N) is 1. The molecule has 6 heteroatoms. The largest absolute Gasteiger partial charge is 0.338 e. The molecule has 1 aliphatic rings. The molecule has 6 nitrogen and oxygen atoms in total. The van der Waals surface area contributed by atoms with E-state index in [0.29, 0.717) is 11.6 Å². The van der Waals surface area contributed by atoms with Crippen LogP contribution in [0.15, 0.2) is 36.5 Å². The van der Waals surface area contributed by atoms with Crippen LogP contribution in [0.5, 0.6) is 0 Å². The normalized spacial score (nSPS) is 15.3. The first-order chi connectivity index (χ1) is 11.7. The third-order valence-electron chi connectivity index (χ3n) is 4.29. The Labute approximate surface area is 142 Å². The van der Waals surface area contributed by atoms with Crippen molar-refractivity contribution in [3.05, 3.63) is 47.8 Å². The Morgan fingerprint density at radius 3 is 2.50 bits per heavy atom. The van der Waals surface area contributed by atoms with Gasteiger partial charge in [-0.25, -0.2) is 9.97 Å². The van der Waals surface area contributed by atoms with Crippen LogP contribution < -0.4 is 10.2 Å². The molecular formula is C18H23N5O. The van der Waals surface area contributed by atoms with Gasteiger partial charge in [0.2, 0.25) is 5.95 Å². The highest BCUT2D eigenvalue weighted by Gasteiger charge is 2.19. The van der Waals surface area contributed by atoms with E-state index in [4.69, 9.17) is 0 Å². The molecule has 2 heterocycles. The van der Waals surface area contributed by atoms with Crippen molar-refractivity contribution < 1.29 is 4.79 Å². The van der Waals surface area contributed by atoms with Crippen LogP contribution in [0.4, 0.5) is 11.6 Å². The minimum absolute atomic E-state index is 0.213. The van der Waals surface area contributed by atoms with Crippen LogP contribution in [0.3, 0.4) is 0 Å². The number of aryl methyl sites for hydroxylation is 1. The molecule has 2 aromatic rings. The van der Waals surface area contributed by atoms with Crippen molar-refractivity contribution in [1.82, 2.24) is 14.9 Å². The standard InChI is InChI=1S/C18H23N5O/c1-3-22-10-12-23(13-11-22)18-19-9-8-16(21-18)17(24)20-15-6-4-14(2)5-7-15/h4-9H,3,10-13H2,1-2H3,(H,20,24). The van der Waals surface area contributed by atoms with Gasteiger partial charge in [-0.05, 0) is 31.7 Å². The smallest absolute Gasteiger partial charge is 0.274 e. The highest BCUT2D eigenvalue weighted by molar-refractivity contribution is 6.02. The van der Waals surface area contributed by atoms with Crippen LogP contribution in [-0.2, 0) is 0 Å². The third-order valence-corrected chi connectivity index (χ3v) is 4.29. The summed E-state index contributed by atoms with van der Waals surface area (Å²) in [5, 5.41) is 2.88. The number of benzene rings is 1. The average Bonchev–Trinajstić information content (AvgIpc) is 2.64. The summed E-state index contributed by atoms with van der Waals surface area (Å²) < 4.78 is 0. The second-order valence-corrected chi connectivity index (χ2v) is 5.98. The number of carbonyl (C=O) groups excluding carboxylic acids is 1. The molecule has 1 N–H and O–H groups in total. The van der Waals surface area contributed by atoms with Gasteiger partial charge in [0.05, 0.1) is 0 Å². The summed E-state index contributed by atoms with van der Waals surface area (Å²) in [6.45, 7) is 9.02. The molecular weight excluding hydrogens is 302 g/mol. The summed E-state index contributed by atoms with van der Waals surface area (Å²) in [5.74, 6) is 0.414. The van der Waals surface area contributed by atoms with E-state index in [1.165, 1.54) is 0 Å². The van der Waals surface area contributed by atoms with Crippen molar-refractivity contribution in [3.8, 4) is 0 Å². The van der Waals surface area contributed by atoms with E-state index in [1.807, 2.05) is 31.2 Å². The van der Waals surface area contributed by atoms with Gasteiger partial charge in [0.1, 0.15) is 5.69 Å². The zero-order chi connectivity index (χ0) is 16.9. The number of anilines is 2. The molecule has 126 valence electrons. The fourth-order valence-corrected chi connectivity index (χ4v) is 2.72. The zero-order valence-electron chi connectivity index (χ0n) is 14.2. The van der Waals surface area contributed by atoms with E-state index in [2.05, 4.69) is 32.0 Å². The monoisotopic (exact) mass is 325 g/mol. The number of carbonyl (C=O) groups is 1. The second-order valence-electron chi connectivity index (χ2n) is 5.98. The van der Waals surface area contributed by atoms with Gasteiger partial charge >= 0.3 is 0 Å². The molecule has 0 atom stereocenters. The van der Waals surface area contributed by atoms with E-state index in [0.717, 1.165) is 44.0 Å². The maximum Gasteiger partial charge on any atom is 0.274 e. The Hall–Kier alpha value is -2.47. The number of hydrogen-bond donors (Lipinski definition) is 1. The molecule has 0 spiro atoms. The molecule has 0 radical (unpaired) electrons. The molecule has 1 fully saturated rings. The second kappa shape index (κ2) is 7.40. The Bertz CT molecular complexity index is 693. The molecule has 1 aliphatic heterocycles. The third kappa shape index (κ3) is 3.89. The molecule has 0 unspecified atom stereocenters. The predicted octanol–water partition coefficient (Wildman–Crippen LogP) is 2.18. The lowest BCUT2D eigenvalue weighted by Gasteiger charge is -2.34. The lowest BCUT2D eigenvalue weighted by molar-refractivity contribution is 0.102. The van der Waals surface area contributed by atoms with Crippen molar-refractivity contribution in [1.29, 1.82) is 0 Å². The Kier molecular flexibility index (Phi) is 5.05. The van der Waals surface area contributed by atoms with Gasteiger partial charge in [-0.15, -0.1) is 0 Å². The highest BCUT2D eigenvalue weighted by Crippen LogP contribution is 2.13. The average molecular weight is 325 g/mol. The van der Waals surface area contributed by atoms with Gasteiger partial charge < -0.3 is 15.1 Å². The predicted molar refractivity (Wildman–Crippen MR) is 95.5 cm³/mol. The number of nitrogens with zero attached hydrogens (tertiary/aromatic N) is 4. The number of hydrogen-bond acceptors (Lipinski definition) is 5. The van der Waals surface area contributed by atoms with Crippen LogP contribution >= 0.6 is 0 Å². The van der Waals surface area contributed by atoms with Crippen LogP contribution in [0.2, 0.25) is 0 Å². The van der Waals surface area contributed by atoms with Crippen LogP contribution in [0, 0.1) is 6.92 Å². The molecule has 24 heavy (non-hydrogen) atoms. The van der Waals surface area contributed by atoms with E-state index in [-0.39, 0.29) is 5.91 Å². The van der Waals surface area contributed by atoms with Crippen molar-refractivity contribution in [2.24, 2.45) is 0 Å². The molecule has 3 rings (SSSR count). The molecule has 1 aromatic carbocycles. The summed E-state index contributed by atoms with van der Waals surface area (Å²) in [6, 6.07) is 9.36. The van der Waals surface area contributed by atoms with E-state index >= 15 is 0 Å². The molecule has 0 aliphatic carbocycles. The lowest BCUT2D eigenvalue weighted by Crippen LogP contribution is -2.46. The maximum atomic E-state index is 12.4. The summed E-state index contributed by atoms with van der Waals surface area (Å²) in [5.41, 5.74) is 2.31. The van der Waals surface area contributed by atoms with Crippen molar-refractivity contribution in [3.63, 3.8) is 0 Å². The minimum atomic E-state index is -0.213. The maximum absolute atomic E-state index is 12.4. The van der Waals surface area contributed by atoms with Gasteiger partial charge in [0.25, 0.3) is 5.91 Å². The quantitative estimate of drug-likeness (QED) is 0.933.